The number of amides is 1. The molecule has 1 N–H and O–H groups in total. The molecule has 1 aromatic carbocycles. The largest absolute Gasteiger partial charge is 0.468 e. The van der Waals surface area contributed by atoms with Crippen LogP contribution < -0.4 is 10.1 Å². The molecule has 0 radical (unpaired) electrons. The van der Waals surface area contributed by atoms with Gasteiger partial charge >= 0.3 is 6.18 Å². The molecule has 25 heavy (non-hydrogen) atoms. The van der Waals surface area contributed by atoms with E-state index in [2.05, 4.69) is 15.0 Å². The lowest BCUT2D eigenvalue weighted by Crippen LogP contribution is -2.19. The number of benzene rings is 1. The monoisotopic (exact) mass is 349 g/mol. The Bertz CT molecular complexity index is 751. The fourth-order valence-corrected chi connectivity index (χ4v) is 1.92. The number of ether oxygens (including phenoxy) is 1. The van der Waals surface area contributed by atoms with Gasteiger partial charge in [-0.25, -0.2) is 4.98 Å². The number of carbonyl (C=O) groups excluding carboxylic acids is 1. The molecule has 2 rings (SSSR count). The van der Waals surface area contributed by atoms with Crippen LogP contribution in [0, 0.1) is 11.3 Å². The lowest BCUT2D eigenvalue weighted by molar-refractivity contribution is -0.154. The summed E-state index contributed by atoms with van der Waals surface area (Å²) in [6, 6.07) is 11.6. The number of pyridine rings is 1. The molecule has 8 heteroatoms. The van der Waals surface area contributed by atoms with Crippen molar-refractivity contribution in [1.29, 1.82) is 5.26 Å². The molecule has 0 aliphatic carbocycles. The Balaban J connectivity index is 1.80. The summed E-state index contributed by atoms with van der Waals surface area (Å²) < 4.78 is 40.6. The maximum absolute atomic E-state index is 12.0. The number of nitrogens with one attached hydrogen (secondary N) is 1. The highest BCUT2D eigenvalue weighted by molar-refractivity contribution is 5.90. The highest BCUT2D eigenvalue weighted by Crippen LogP contribution is 2.18. The SMILES string of the molecule is N#Cc1ccc(CCC(=O)Nc2ccc(OCC(F)(F)F)nc2)cc1. The Morgan fingerprint density at radius 2 is 1.92 bits per heavy atom. The Morgan fingerprint density at radius 3 is 2.48 bits per heavy atom. The van der Waals surface area contributed by atoms with E-state index in [-0.39, 0.29) is 18.2 Å². The Kier molecular flexibility index (Phi) is 5.95. The summed E-state index contributed by atoms with van der Waals surface area (Å²) in [6.45, 7) is -1.42. The summed E-state index contributed by atoms with van der Waals surface area (Å²) >= 11 is 0. The van der Waals surface area contributed by atoms with Crippen LogP contribution in [0.3, 0.4) is 0 Å². The van der Waals surface area contributed by atoms with Crippen LogP contribution in [0.4, 0.5) is 18.9 Å². The van der Waals surface area contributed by atoms with Gasteiger partial charge in [-0.1, -0.05) is 12.1 Å². The molecule has 1 amide bonds. The molecule has 0 spiro atoms. The maximum atomic E-state index is 12.0. The van der Waals surface area contributed by atoms with Gasteiger partial charge in [-0.2, -0.15) is 18.4 Å². The molecule has 0 aliphatic heterocycles. The summed E-state index contributed by atoms with van der Waals surface area (Å²) in [5, 5.41) is 11.3. The van der Waals surface area contributed by atoms with Gasteiger partial charge in [0.05, 0.1) is 23.5 Å². The molecule has 0 aliphatic rings. The van der Waals surface area contributed by atoms with Crippen molar-refractivity contribution in [2.45, 2.75) is 19.0 Å². The minimum absolute atomic E-state index is 0.173. The summed E-state index contributed by atoms with van der Waals surface area (Å²) in [4.78, 5) is 15.6. The molecule has 0 saturated carbocycles. The van der Waals surface area contributed by atoms with Crippen molar-refractivity contribution >= 4 is 11.6 Å². The second-order valence-corrected chi connectivity index (χ2v) is 5.15. The first-order valence-electron chi connectivity index (χ1n) is 7.30. The van der Waals surface area contributed by atoms with Crippen LogP contribution in [0.2, 0.25) is 0 Å². The van der Waals surface area contributed by atoms with Crippen molar-refractivity contribution < 1.29 is 22.7 Å². The number of halogens is 3. The van der Waals surface area contributed by atoms with Gasteiger partial charge in [0.2, 0.25) is 11.8 Å². The molecule has 130 valence electrons. The number of nitrogens with zero attached hydrogens (tertiary/aromatic N) is 2. The van der Waals surface area contributed by atoms with E-state index in [1.807, 2.05) is 6.07 Å². The molecule has 0 atom stereocenters. The van der Waals surface area contributed by atoms with Gasteiger partial charge < -0.3 is 10.1 Å². The standard InChI is InChI=1S/C17H14F3N3O2/c18-17(19,20)11-25-16-8-6-14(10-22-16)23-15(24)7-5-12-1-3-13(9-21)4-2-12/h1-4,6,8,10H,5,7,11H2,(H,23,24). The van der Waals surface area contributed by atoms with Crippen molar-refractivity contribution in [2.75, 3.05) is 11.9 Å². The first-order chi connectivity index (χ1) is 11.9. The van der Waals surface area contributed by atoms with Crippen LogP contribution in [0.25, 0.3) is 0 Å². The molecule has 1 heterocycles. The number of rotatable bonds is 6. The lowest BCUT2D eigenvalue weighted by atomic mass is 10.1. The van der Waals surface area contributed by atoms with E-state index in [9.17, 15) is 18.0 Å². The first kappa shape index (κ1) is 18.3. The summed E-state index contributed by atoms with van der Waals surface area (Å²) in [6.07, 6.45) is -2.48. The predicted molar refractivity (Wildman–Crippen MR) is 83.9 cm³/mol. The van der Waals surface area contributed by atoms with Crippen LogP contribution >= 0.6 is 0 Å². The Morgan fingerprint density at radius 1 is 1.20 bits per heavy atom. The first-order valence-corrected chi connectivity index (χ1v) is 7.30. The number of hydrogen-bond acceptors (Lipinski definition) is 4. The molecule has 5 nitrogen and oxygen atoms in total. The lowest BCUT2D eigenvalue weighted by Gasteiger charge is -2.09. The Labute approximate surface area is 142 Å². The zero-order valence-corrected chi connectivity index (χ0v) is 13.0. The number of alkyl halides is 3. The smallest absolute Gasteiger partial charge is 0.422 e. The fraction of sp³-hybridized carbons (Fsp3) is 0.235. The predicted octanol–water partition coefficient (Wildman–Crippen LogP) is 3.47. The Hall–Kier alpha value is -3.08. The number of hydrogen-bond donors (Lipinski definition) is 1. The molecule has 2 aromatic rings. The molecular weight excluding hydrogens is 335 g/mol. The van der Waals surface area contributed by atoms with Crippen LogP contribution in [-0.2, 0) is 11.2 Å². The molecule has 0 saturated heterocycles. The zero-order chi connectivity index (χ0) is 18.3. The van der Waals surface area contributed by atoms with Crippen LogP contribution in [0.15, 0.2) is 42.6 Å². The van der Waals surface area contributed by atoms with Gasteiger partial charge in [-0.15, -0.1) is 0 Å². The van der Waals surface area contributed by atoms with Crippen molar-refractivity contribution in [3.63, 3.8) is 0 Å². The molecular formula is C17H14F3N3O2. The molecule has 0 bridgehead atoms. The second kappa shape index (κ2) is 8.15. The highest BCUT2D eigenvalue weighted by atomic mass is 19.4. The van der Waals surface area contributed by atoms with E-state index in [1.54, 1.807) is 24.3 Å². The number of aromatic nitrogens is 1. The van der Waals surface area contributed by atoms with Crippen LogP contribution in [0.5, 0.6) is 5.88 Å². The van der Waals surface area contributed by atoms with E-state index in [0.717, 1.165) is 5.56 Å². The van der Waals surface area contributed by atoms with Crippen molar-refractivity contribution in [2.24, 2.45) is 0 Å². The summed E-state index contributed by atoms with van der Waals surface area (Å²) in [7, 11) is 0. The highest BCUT2D eigenvalue weighted by Gasteiger charge is 2.28. The van der Waals surface area contributed by atoms with Gasteiger partial charge in [0, 0.05) is 12.5 Å². The average molecular weight is 349 g/mol. The third-order valence-corrected chi connectivity index (χ3v) is 3.13. The van der Waals surface area contributed by atoms with E-state index < -0.39 is 12.8 Å². The van der Waals surface area contributed by atoms with E-state index >= 15 is 0 Å². The van der Waals surface area contributed by atoms with Gasteiger partial charge in [0.1, 0.15) is 0 Å². The molecule has 0 fully saturated rings. The number of aryl methyl sites for hydroxylation is 1. The number of nitriles is 1. The van der Waals surface area contributed by atoms with Gasteiger partial charge in [0.25, 0.3) is 0 Å². The van der Waals surface area contributed by atoms with E-state index in [0.29, 0.717) is 17.7 Å². The van der Waals surface area contributed by atoms with Crippen LogP contribution in [0.1, 0.15) is 17.5 Å². The molecule has 0 unspecified atom stereocenters. The number of carbonyl (C=O) groups is 1. The van der Waals surface area contributed by atoms with Gasteiger partial charge in [-0.05, 0) is 30.2 Å². The van der Waals surface area contributed by atoms with Crippen molar-refractivity contribution in [3.8, 4) is 11.9 Å². The third-order valence-electron chi connectivity index (χ3n) is 3.13. The zero-order valence-electron chi connectivity index (χ0n) is 13.0. The van der Waals surface area contributed by atoms with Gasteiger partial charge in [0.15, 0.2) is 6.61 Å². The third kappa shape index (κ3) is 6.51. The minimum Gasteiger partial charge on any atom is -0.468 e. The number of anilines is 1. The minimum atomic E-state index is -4.43. The fourth-order valence-electron chi connectivity index (χ4n) is 1.92. The van der Waals surface area contributed by atoms with E-state index in [4.69, 9.17) is 5.26 Å². The van der Waals surface area contributed by atoms with Crippen LogP contribution in [-0.4, -0.2) is 23.7 Å². The molecule has 1 aromatic heterocycles. The average Bonchev–Trinajstić information content (AvgIpc) is 2.59. The van der Waals surface area contributed by atoms with Crippen molar-refractivity contribution in [1.82, 2.24) is 4.98 Å². The normalized spacial score (nSPS) is 10.8. The van der Waals surface area contributed by atoms with E-state index in [1.165, 1.54) is 18.3 Å². The maximum Gasteiger partial charge on any atom is 0.422 e. The van der Waals surface area contributed by atoms with Gasteiger partial charge in [-0.3, -0.25) is 4.79 Å². The summed E-state index contributed by atoms with van der Waals surface area (Å²) in [5.74, 6) is -0.428. The summed E-state index contributed by atoms with van der Waals surface area (Å²) in [5.41, 5.74) is 1.83. The topological polar surface area (TPSA) is 75.0 Å². The second-order valence-electron chi connectivity index (χ2n) is 5.15. The van der Waals surface area contributed by atoms with Crippen molar-refractivity contribution in [3.05, 3.63) is 53.7 Å². The quantitative estimate of drug-likeness (QED) is 0.866.